The topological polar surface area (TPSA) is 70.0 Å². The molecule has 1 aliphatic rings. The van der Waals surface area contributed by atoms with Crippen molar-refractivity contribution in [3.05, 3.63) is 29.3 Å². The van der Waals surface area contributed by atoms with Crippen LogP contribution in [0.4, 0.5) is 0 Å². The van der Waals surface area contributed by atoms with Gasteiger partial charge in [-0.3, -0.25) is 9.69 Å². The molecule has 1 aliphatic heterocycles. The van der Waals surface area contributed by atoms with E-state index in [1.807, 2.05) is 11.8 Å². The van der Waals surface area contributed by atoms with Crippen LogP contribution in [0.2, 0.25) is 0 Å². The summed E-state index contributed by atoms with van der Waals surface area (Å²) in [6.45, 7) is 4.04. The second-order valence-corrected chi connectivity index (χ2v) is 4.45. The smallest absolute Gasteiger partial charge is 0.325 e. The van der Waals surface area contributed by atoms with Crippen LogP contribution in [0, 0.1) is 6.92 Å². The Morgan fingerprint density at radius 1 is 1.39 bits per heavy atom. The lowest BCUT2D eigenvalue weighted by Crippen LogP contribution is -2.42. The van der Waals surface area contributed by atoms with E-state index >= 15 is 0 Å². The number of carbonyl (C=O) groups is 1. The first-order valence-electron chi connectivity index (χ1n) is 5.93. The predicted octanol–water partition coefficient (Wildman–Crippen LogP) is 1.16. The lowest BCUT2D eigenvalue weighted by molar-refractivity contribution is -0.145. The lowest BCUT2D eigenvalue weighted by atomic mass is 10.0. The van der Waals surface area contributed by atoms with Gasteiger partial charge in [0.05, 0.1) is 13.2 Å². The van der Waals surface area contributed by atoms with E-state index in [0.29, 0.717) is 31.9 Å². The van der Waals surface area contributed by atoms with Crippen molar-refractivity contribution >= 4 is 5.97 Å². The van der Waals surface area contributed by atoms with Gasteiger partial charge in [0.2, 0.25) is 0 Å². The molecule has 98 valence electrons. The van der Waals surface area contributed by atoms with Gasteiger partial charge in [0, 0.05) is 18.7 Å². The number of hydrogen-bond acceptors (Lipinski definition) is 4. The highest BCUT2D eigenvalue weighted by molar-refractivity contribution is 5.76. The number of aromatic hydroxyl groups is 1. The third kappa shape index (κ3) is 2.63. The normalized spacial score (nSPS) is 18.5. The van der Waals surface area contributed by atoms with Crippen LogP contribution in [0.25, 0.3) is 0 Å². The van der Waals surface area contributed by atoms with E-state index in [2.05, 4.69) is 0 Å². The van der Waals surface area contributed by atoms with Crippen LogP contribution < -0.4 is 0 Å². The summed E-state index contributed by atoms with van der Waals surface area (Å²) in [5, 5.41) is 19.3. The SMILES string of the molecule is Cc1ccc(O)c(C(C(=O)O)N2CCOCC2)c1. The monoisotopic (exact) mass is 251 g/mol. The molecule has 1 unspecified atom stereocenters. The van der Waals surface area contributed by atoms with Crippen molar-refractivity contribution < 1.29 is 19.7 Å². The molecule has 18 heavy (non-hydrogen) atoms. The summed E-state index contributed by atoms with van der Waals surface area (Å²) < 4.78 is 5.22. The molecule has 0 spiro atoms. The van der Waals surface area contributed by atoms with E-state index in [1.165, 1.54) is 0 Å². The molecule has 1 saturated heterocycles. The number of phenolic OH excluding ortho intramolecular Hbond substituents is 1. The number of benzene rings is 1. The number of hydrogen-bond donors (Lipinski definition) is 2. The average molecular weight is 251 g/mol. The Kier molecular flexibility index (Phi) is 3.84. The van der Waals surface area contributed by atoms with Gasteiger partial charge >= 0.3 is 5.97 Å². The summed E-state index contributed by atoms with van der Waals surface area (Å²) >= 11 is 0. The van der Waals surface area contributed by atoms with Gasteiger partial charge in [0.1, 0.15) is 11.8 Å². The van der Waals surface area contributed by atoms with Gasteiger partial charge < -0.3 is 14.9 Å². The maximum absolute atomic E-state index is 11.5. The molecule has 0 amide bonds. The molecule has 0 bridgehead atoms. The number of carboxylic acids is 1. The highest BCUT2D eigenvalue weighted by Crippen LogP contribution is 2.30. The van der Waals surface area contributed by atoms with Crippen LogP contribution >= 0.6 is 0 Å². The standard InChI is InChI=1S/C13H17NO4/c1-9-2-3-11(15)10(8-9)12(13(16)17)14-4-6-18-7-5-14/h2-3,8,12,15H,4-7H2,1H3,(H,16,17). The van der Waals surface area contributed by atoms with E-state index in [-0.39, 0.29) is 5.75 Å². The van der Waals surface area contributed by atoms with Gasteiger partial charge in [-0.1, -0.05) is 17.7 Å². The lowest BCUT2D eigenvalue weighted by Gasteiger charge is -2.32. The second-order valence-electron chi connectivity index (χ2n) is 4.45. The van der Waals surface area contributed by atoms with Crippen molar-refractivity contribution in [2.75, 3.05) is 26.3 Å². The summed E-state index contributed by atoms with van der Waals surface area (Å²) in [4.78, 5) is 13.3. The van der Waals surface area contributed by atoms with E-state index in [0.717, 1.165) is 5.56 Å². The Hall–Kier alpha value is -1.59. The van der Waals surface area contributed by atoms with Crippen molar-refractivity contribution in [2.45, 2.75) is 13.0 Å². The van der Waals surface area contributed by atoms with Crippen molar-refractivity contribution in [1.82, 2.24) is 4.90 Å². The van der Waals surface area contributed by atoms with Gasteiger partial charge in [-0.25, -0.2) is 0 Å². The molecule has 0 saturated carbocycles. The molecule has 1 aromatic carbocycles. The number of morpholine rings is 1. The molecule has 1 aromatic rings. The highest BCUT2D eigenvalue weighted by atomic mass is 16.5. The van der Waals surface area contributed by atoms with E-state index < -0.39 is 12.0 Å². The maximum atomic E-state index is 11.5. The first kappa shape index (κ1) is 12.9. The Labute approximate surface area is 106 Å². The summed E-state index contributed by atoms with van der Waals surface area (Å²) in [6.07, 6.45) is 0. The van der Waals surface area contributed by atoms with Crippen LogP contribution in [0.5, 0.6) is 5.75 Å². The molecule has 0 aliphatic carbocycles. The first-order chi connectivity index (χ1) is 8.59. The molecular weight excluding hydrogens is 234 g/mol. The van der Waals surface area contributed by atoms with Gasteiger partial charge in [-0.05, 0) is 13.0 Å². The number of aryl methyl sites for hydroxylation is 1. The molecule has 1 heterocycles. The van der Waals surface area contributed by atoms with Crippen molar-refractivity contribution in [1.29, 1.82) is 0 Å². The number of carboxylic acid groups (broad SMARTS) is 1. The zero-order valence-corrected chi connectivity index (χ0v) is 10.3. The van der Waals surface area contributed by atoms with Gasteiger partial charge in [-0.15, -0.1) is 0 Å². The Morgan fingerprint density at radius 2 is 2.06 bits per heavy atom. The molecule has 2 rings (SSSR count). The molecule has 1 atom stereocenters. The molecule has 5 nitrogen and oxygen atoms in total. The number of aliphatic carboxylic acids is 1. The summed E-state index contributed by atoms with van der Waals surface area (Å²) in [5.74, 6) is -0.919. The first-order valence-corrected chi connectivity index (χ1v) is 5.93. The summed E-state index contributed by atoms with van der Waals surface area (Å²) in [7, 11) is 0. The highest BCUT2D eigenvalue weighted by Gasteiger charge is 2.30. The molecule has 2 N–H and O–H groups in total. The Morgan fingerprint density at radius 3 is 2.67 bits per heavy atom. The second kappa shape index (κ2) is 5.37. The van der Waals surface area contributed by atoms with Gasteiger partial charge in [0.15, 0.2) is 0 Å². The van der Waals surface area contributed by atoms with Crippen molar-refractivity contribution in [3.63, 3.8) is 0 Å². The fraction of sp³-hybridized carbons (Fsp3) is 0.462. The summed E-state index contributed by atoms with van der Waals surface area (Å²) in [6, 6.07) is 4.22. The average Bonchev–Trinajstić information content (AvgIpc) is 2.35. The number of ether oxygens (including phenoxy) is 1. The zero-order chi connectivity index (χ0) is 13.1. The number of phenols is 1. The van der Waals surface area contributed by atoms with E-state index in [4.69, 9.17) is 4.74 Å². The molecular formula is C13H17NO4. The van der Waals surface area contributed by atoms with E-state index in [1.54, 1.807) is 18.2 Å². The van der Waals surface area contributed by atoms with Crippen LogP contribution in [0.3, 0.4) is 0 Å². The maximum Gasteiger partial charge on any atom is 0.325 e. The Balaban J connectivity index is 2.34. The third-order valence-electron chi connectivity index (χ3n) is 3.12. The number of nitrogens with zero attached hydrogens (tertiary/aromatic N) is 1. The number of rotatable bonds is 3. The molecule has 0 radical (unpaired) electrons. The van der Waals surface area contributed by atoms with Crippen molar-refractivity contribution in [2.24, 2.45) is 0 Å². The largest absolute Gasteiger partial charge is 0.508 e. The fourth-order valence-corrected chi connectivity index (χ4v) is 2.21. The minimum Gasteiger partial charge on any atom is -0.508 e. The quantitative estimate of drug-likeness (QED) is 0.843. The summed E-state index contributed by atoms with van der Waals surface area (Å²) in [5.41, 5.74) is 1.38. The Bertz CT molecular complexity index is 441. The predicted molar refractivity (Wildman–Crippen MR) is 65.6 cm³/mol. The van der Waals surface area contributed by atoms with Crippen LogP contribution in [0.1, 0.15) is 17.2 Å². The van der Waals surface area contributed by atoms with Crippen LogP contribution in [0.15, 0.2) is 18.2 Å². The molecule has 5 heteroatoms. The minimum absolute atomic E-state index is 0.0273. The van der Waals surface area contributed by atoms with Crippen LogP contribution in [-0.2, 0) is 9.53 Å². The fourth-order valence-electron chi connectivity index (χ4n) is 2.21. The zero-order valence-electron chi connectivity index (χ0n) is 10.3. The van der Waals surface area contributed by atoms with Gasteiger partial charge in [0.25, 0.3) is 0 Å². The third-order valence-corrected chi connectivity index (χ3v) is 3.12. The minimum atomic E-state index is -0.946. The van der Waals surface area contributed by atoms with Crippen LogP contribution in [-0.4, -0.2) is 47.4 Å². The molecule has 0 aromatic heterocycles. The molecule has 1 fully saturated rings. The van der Waals surface area contributed by atoms with Crippen molar-refractivity contribution in [3.8, 4) is 5.75 Å². The van der Waals surface area contributed by atoms with Gasteiger partial charge in [-0.2, -0.15) is 0 Å². The van der Waals surface area contributed by atoms with E-state index in [9.17, 15) is 15.0 Å².